The number of carbonyl (C=O) groups excluding carboxylic acids is 1. The Hall–Kier alpha value is -1.36. The average Bonchev–Trinajstić information content (AvgIpc) is 2.63. The van der Waals surface area contributed by atoms with E-state index in [1.165, 1.54) is 19.3 Å². The zero-order valence-electron chi connectivity index (χ0n) is 11.4. The van der Waals surface area contributed by atoms with Crippen LogP contribution >= 0.6 is 0 Å². The standard InChI is InChI=1S/C13H19NO3S/c1-9(2)13(11(4)15)10(3)12-6-7-14(8-12)18(5,16)17/h6-9H,1-5H3. The van der Waals surface area contributed by atoms with Crippen molar-refractivity contribution in [2.75, 3.05) is 6.26 Å². The van der Waals surface area contributed by atoms with E-state index in [4.69, 9.17) is 0 Å². The highest BCUT2D eigenvalue weighted by Crippen LogP contribution is 2.24. The molecule has 0 N–H and O–H groups in total. The van der Waals surface area contributed by atoms with Gasteiger partial charge in [-0.15, -0.1) is 0 Å². The van der Waals surface area contributed by atoms with Crippen LogP contribution in [0, 0.1) is 5.92 Å². The molecule has 5 heteroatoms. The van der Waals surface area contributed by atoms with Crippen LogP contribution in [-0.4, -0.2) is 24.4 Å². The van der Waals surface area contributed by atoms with Crippen LogP contribution < -0.4 is 0 Å². The van der Waals surface area contributed by atoms with Gasteiger partial charge in [0.2, 0.25) is 10.0 Å². The maximum Gasteiger partial charge on any atom is 0.235 e. The number of rotatable bonds is 4. The molecule has 1 aromatic rings. The summed E-state index contributed by atoms with van der Waals surface area (Å²) in [6, 6.07) is 1.71. The van der Waals surface area contributed by atoms with Crippen molar-refractivity contribution in [3.63, 3.8) is 0 Å². The Bertz CT molecular complexity index is 592. The Morgan fingerprint density at radius 2 is 1.83 bits per heavy atom. The predicted molar refractivity (Wildman–Crippen MR) is 72.8 cm³/mol. The minimum Gasteiger partial charge on any atom is -0.295 e. The van der Waals surface area contributed by atoms with Crippen LogP contribution in [0.4, 0.5) is 0 Å². The number of Topliss-reactive ketones (excluding diaryl/α,β-unsaturated/α-hetero) is 1. The van der Waals surface area contributed by atoms with E-state index in [2.05, 4.69) is 0 Å². The molecule has 0 unspecified atom stereocenters. The molecule has 0 saturated carbocycles. The Kier molecular flexibility index (Phi) is 4.16. The van der Waals surface area contributed by atoms with Gasteiger partial charge in [-0.3, -0.25) is 8.77 Å². The molecule has 100 valence electrons. The fraction of sp³-hybridized carbons (Fsp3) is 0.462. The average molecular weight is 269 g/mol. The highest BCUT2D eigenvalue weighted by molar-refractivity contribution is 7.89. The monoisotopic (exact) mass is 269 g/mol. The molecule has 0 spiro atoms. The molecule has 1 aromatic heterocycles. The number of aromatic nitrogens is 1. The van der Waals surface area contributed by atoms with Crippen molar-refractivity contribution < 1.29 is 13.2 Å². The van der Waals surface area contributed by atoms with E-state index in [0.29, 0.717) is 0 Å². The van der Waals surface area contributed by atoms with Crippen LogP contribution in [-0.2, 0) is 14.8 Å². The maximum absolute atomic E-state index is 11.6. The largest absolute Gasteiger partial charge is 0.295 e. The highest BCUT2D eigenvalue weighted by Gasteiger charge is 2.15. The summed E-state index contributed by atoms with van der Waals surface area (Å²) >= 11 is 0. The number of hydrogen-bond acceptors (Lipinski definition) is 3. The lowest BCUT2D eigenvalue weighted by Crippen LogP contribution is -2.08. The molecule has 0 atom stereocenters. The zero-order chi connectivity index (χ0) is 14.1. The van der Waals surface area contributed by atoms with E-state index < -0.39 is 10.0 Å². The van der Waals surface area contributed by atoms with Crippen molar-refractivity contribution in [1.82, 2.24) is 3.97 Å². The lowest BCUT2D eigenvalue weighted by atomic mass is 9.92. The van der Waals surface area contributed by atoms with Crippen LogP contribution in [0.1, 0.15) is 33.3 Å². The highest BCUT2D eigenvalue weighted by atomic mass is 32.2. The van der Waals surface area contributed by atoms with E-state index in [-0.39, 0.29) is 11.7 Å². The van der Waals surface area contributed by atoms with Crippen LogP contribution in [0.2, 0.25) is 0 Å². The summed E-state index contributed by atoms with van der Waals surface area (Å²) in [6.45, 7) is 7.28. The molecule has 1 rings (SSSR count). The quantitative estimate of drug-likeness (QED) is 0.788. The molecule has 0 aromatic carbocycles. The second kappa shape index (κ2) is 5.10. The third kappa shape index (κ3) is 3.10. The molecule has 0 aliphatic carbocycles. The van der Waals surface area contributed by atoms with Gasteiger partial charge in [0.15, 0.2) is 5.78 Å². The molecule has 0 saturated heterocycles. The summed E-state index contributed by atoms with van der Waals surface area (Å²) in [5, 5.41) is 0. The molecule has 0 aliphatic rings. The first-order valence-electron chi connectivity index (χ1n) is 5.75. The lowest BCUT2D eigenvalue weighted by Gasteiger charge is -2.12. The first-order chi connectivity index (χ1) is 8.14. The SMILES string of the molecule is CC(=O)C(=C(C)c1ccn(S(C)(=O)=O)c1)C(C)C. The topological polar surface area (TPSA) is 56.1 Å². The van der Waals surface area contributed by atoms with E-state index in [1.54, 1.807) is 6.07 Å². The van der Waals surface area contributed by atoms with Gasteiger partial charge in [0, 0.05) is 18.0 Å². The van der Waals surface area contributed by atoms with Gasteiger partial charge in [-0.05, 0) is 37.0 Å². The normalized spacial score (nSPS) is 13.7. The Morgan fingerprint density at radius 1 is 1.28 bits per heavy atom. The summed E-state index contributed by atoms with van der Waals surface area (Å²) in [7, 11) is -3.27. The van der Waals surface area contributed by atoms with E-state index in [1.807, 2.05) is 20.8 Å². The summed E-state index contributed by atoms with van der Waals surface area (Å²) in [4.78, 5) is 11.6. The number of allylic oxidation sites excluding steroid dienone is 2. The third-order valence-corrected chi connectivity index (χ3v) is 3.84. The lowest BCUT2D eigenvalue weighted by molar-refractivity contribution is -0.113. The number of carbonyl (C=O) groups is 1. The Labute approximate surface area is 108 Å². The first-order valence-corrected chi connectivity index (χ1v) is 7.60. The zero-order valence-corrected chi connectivity index (χ0v) is 12.2. The van der Waals surface area contributed by atoms with Crippen molar-refractivity contribution in [2.45, 2.75) is 27.7 Å². The van der Waals surface area contributed by atoms with E-state index in [9.17, 15) is 13.2 Å². The van der Waals surface area contributed by atoms with Crippen molar-refractivity contribution in [3.8, 4) is 0 Å². The molecule has 0 aliphatic heterocycles. The summed E-state index contributed by atoms with van der Waals surface area (Å²) in [6.07, 6.45) is 4.17. The van der Waals surface area contributed by atoms with Gasteiger partial charge in [0.25, 0.3) is 0 Å². The second-order valence-electron chi connectivity index (χ2n) is 4.74. The molecule has 0 fully saturated rings. The predicted octanol–water partition coefficient (Wildman–Crippen LogP) is 2.31. The van der Waals surface area contributed by atoms with Crippen LogP contribution in [0.3, 0.4) is 0 Å². The van der Waals surface area contributed by atoms with Gasteiger partial charge in [0.05, 0.1) is 6.26 Å². The van der Waals surface area contributed by atoms with Crippen molar-refractivity contribution in [2.24, 2.45) is 5.92 Å². The minimum absolute atomic E-state index is 0.0228. The molecule has 4 nitrogen and oxygen atoms in total. The van der Waals surface area contributed by atoms with Gasteiger partial charge in [-0.25, -0.2) is 8.42 Å². The summed E-state index contributed by atoms with van der Waals surface area (Å²) in [5.41, 5.74) is 2.33. The molecular formula is C13H19NO3S. The fourth-order valence-corrected chi connectivity index (χ4v) is 2.65. The van der Waals surface area contributed by atoms with Gasteiger partial charge in [-0.2, -0.15) is 0 Å². The van der Waals surface area contributed by atoms with Crippen LogP contribution in [0.15, 0.2) is 24.0 Å². The van der Waals surface area contributed by atoms with Gasteiger partial charge in [0.1, 0.15) is 0 Å². The van der Waals surface area contributed by atoms with Crippen molar-refractivity contribution >= 4 is 21.4 Å². The number of nitrogens with zero attached hydrogens (tertiary/aromatic N) is 1. The third-order valence-electron chi connectivity index (χ3n) is 2.84. The number of ketones is 1. The molecule has 18 heavy (non-hydrogen) atoms. The van der Waals surface area contributed by atoms with E-state index >= 15 is 0 Å². The van der Waals surface area contributed by atoms with Gasteiger partial charge in [-0.1, -0.05) is 13.8 Å². The van der Waals surface area contributed by atoms with Crippen LogP contribution in [0.25, 0.3) is 5.57 Å². The summed E-state index contributed by atoms with van der Waals surface area (Å²) < 4.78 is 23.9. The van der Waals surface area contributed by atoms with Crippen LogP contribution in [0.5, 0.6) is 0 Å². The number of hydrogen-bond donors (Lipinski definition) is 0. The van der Waals surface area contributed by atoms with E-state index in [0.717, 1.165) is 26.9 Å². The Morgan fingerprint density at radius 3 is 2.17 bits per heavy atom. The van der Waals surface area contributed by atoms with Crippen molar-refractivity contribution in [3.05, 3.63) is 29.6 Å². The smallest absolute Gasteiger partial charge is 0.235 e. The molecule has 0 amide bonds. The van der Waals surface area contributed by atoms with Gasteiger partial charge >= 0.3 is 0 Å². The molecular weight excluding hydrogens is 250 g/mol. The Balaban J connectivity index is 3.34. The minimum atomic E-state index is -3.27. The summed E-state index contributed by atoms with van der Waals surface area (Å²) in [5.74, 6) is 0.138. The molecule has 0 radical (unpaired) electrons. The molecule has 0 bridgehead atoms. The maximum atomic E-state index is 11.6. The molecule has 1 heterocycles. The van der Waals surface area contributed by atoms with Crippen molar-refractivity contribution in [1.29, 1.82) is 0 Å². The second-order valence-corrected chi connectivity index (χ2v) is 6.63. The fourth-order valence-electron chi connectivity index (χ4n) is 2.06. The van der Waals surface area contributed by atoms with Gasteiger partial charge < -0.3 is 0 Å². The first kappa shape index (κ1) is 14.7.